The fraction of sp³-hybridized carbons (Fsp3) is 0.516. The van der Waals surface area contributed by atoms with E-state index in [0.717, 1.165) is 48.5 Å². The molecule has 2 saturated heterocycles. The van der Waals surface area contributed by atoms with Crippen LogP contribution in [0.25, 0.3) is 0 Å². The zero-order valence-electron chi connectivity index (χ0n) is 24.3. The Morgan fingerprint density at radius 2 is 1.27 bits per heavy atom. The number of esters is 2. The average molecular weight is 599 g/mol. The molecule has 0 unspecified atom stereocenters. The summed E-state index contributed by atoms with van der Waals surface area (Å²) in [4.78, 5) is 39.4. The summed E-state index contributed by atoms with van der Waals surface area (Å²) >= 11 is 2.72. The lowest BCUT2D eigenvalue weighted by Gasteiger charge is -2.31. The molecule has 4 rings (SSSR count). The van der Waals surface area contributed by atoms with Crippen LogP contribution in [0.15, 0.2) is 24.3 Å². The fourth-order valence-electron chi connectivity index (χ4n) is 4.08. The number of amides is 1. The van der Waals surface area contributed by atoms with Gasteiger partial charge in [0.25, 0.3) is 0 Å². The van der Waals surface area contributed by atoms with Crippen molar-refractivity contribution in [3.63, 3.8) is 0 Å². The van der Waals surface area contributed by atoms with Gasteiger partial charge < -0.3 is 24.4 Å². The van der Waals surface area contributed by atoms with E-state index in [-0.39, 0.29) is 23.9 Å². The smallest absolute Gasteiger partial charge is 0.410 e. The van der Waals surface area contributed by atoms with E-state index in [1.165, 1.54) is 36.9 Å². The van der Waals surface area contributed by atoms with E-state index in [1.54, 1.807) is 17.0 Å². The van der Waals surface area contributed by atoms with Gasteiger partial charge in [-0.05, 0) is 83.8 Å². The van der Waals surface area contributed by atoms with Gasteiger partial charge in [0.2, 0.25) is 0 Å². The van der Waals surface area contributed by atoms with Crippen molar-refractivity contribution in [1.82, 2.24) is 10.2 Å². The third-order valence-corrected chi connectivity index (χ3v) is 8.23. The number of piperidine rings is 2. The maximum atomic E-state index is 12.0. The molecule has 4 heterocycles. The molecule has 2 aromatic rings. The van der Waals surface area contributed by atoms with Crippen molar-refractivity contribution < 1.29 is 28.6 Å². The molecule has 8 nitrogen and oxygen atoms in total. The van der Waals surface area contributed by atoms with Crippen LogP contribution in [0, 0.1) is 35.5 Å². The highest BCUT2D eigenvalue weighted by Crippen LogP contribution is 2.21. The van der Waals surface area contributed by atoms with E-state index in [1.807, 2.05) is 32.9 Å². The second-order valence-electron chi connectivity index (χ2n) is 10.6. The maximum absolute atomic E-state index is 12.0. The molecule has 0 spiro atoms. The average Bonchev–Trinajstić information content (AvgIpc) is 3.65. The topological polar surface area (TPSA) is 94.2 Å². The molecule has 2 aliphatic rings. The van der Waals surface area contributed by atoms with Gasteiger partial charge in [-0.25, -0.2) is 14.4 Å². The summed E-state index contributed by atoms with van der Waals surface area (Å²) in [5.74, 6) is 12.9. The molecule has 2 aromatic heterocycles. The van der Waals surface area contributed by atoms with Gasteiger partial charge >= 0.3 is 18.0 Å². The number of ether oxygens (including phenoxy) is 3. The first-order valence-electron chi connectivity index (χ1n) is 13.7. The van der Waals surface area contributed by atoms with Crippen molar-refractivity contribution in [3.05, 3.63) is 43.8 Å². The zero-order valence-corrected chi connectivity index (χ0v) is 26.0. The minimum Gasteiger partial charge on any atom is -0.465 e. The first-order chi connectivity index (χ1) is 19.6. The molecule has 0 aromatic carbocycles. The summed E-state index contributed by atoms with van der Waals surface area (Å²) < 4.78 is 14.7. The van der Waals surface area contributed by atoms with Crippen LogP contribution in [0.1, 0.15) is 75.6 Å². The number of hydrogen-bond donors (Lipinski definition) is 1. The maximum Gasteiger partial charge on any atom is 0.410 e. The Bertz CT molecular complexity index is 1300. The van der Waals surface area contributed by atoms with E-state index in [2.05, 4.69) is 38.5 Å². The minimum absolute atomic E-state index is 0.255. The SMILES string of the molecule is COC(=O)c1ccc(C#CC2CCN(C(=O)OC(C)(C)C)CC2)s1.COC(=O)c1ccc(C#CC2CCNCC2)s1. The van der Waals surface area contributed by atoms with Crippen LogP contribution in [-0.2, 0) is 14.2 Å². The lowest BCUT2D eigenvalue weighted by atomic mass is 9.98. The Morgan fingerprint density at radius 1 is 0.805 bits per heavy atom. The third-order valence-electron chi connectivity index (χ3n) is 6.27. The molecule has 10 heteroatoms. The van der Waals surface area contributed by atoms with Crippen LogP contribution < -0.4 is 5.32 Å². The zero-order chi connectivity index (χ0) is 29.8. The third kappa shape index (κ3) is 10.9. The van der Waals surface area contributed by atoms with E-state index < -0.39 is 5.60 Å². The molecule has 0 bridgehead atoms. The van der Waals surface area contributed by atoms with Crippen molar-refractivity contribution in [2.24, 2.45) is 11.8 Å². The fourth-order valence-corrected chi connectivity index (χ4v) is 5.65. The van der Waals surface area contributed by atoms with Crippen molar-refractivity contribution in [2.45, 2.75) is 52.1 Å². The van der Waals surface area contributed by atoms with Crippen molar-refractivity contribution in [3.8, 4) is 23.7 Å². The minimum atomic E-state index is -0.468. The van der Waals surface area contributed by atoms with E-state index in [9.17, 15) is 14.4 Å². The first kappa shape index (κ1) is 32.2. The largest absolute Gasteiger partial charge is 0.465 e. The predicted octanol–water partition coefficient (Wildman–Crippen LogP) is 5.42. The van der Waals surface area contributed by atoms with Crippen LogP contribution in [0.2, 0.25) is 0 Å². The van der Waals surface area contributed by atoms with Gasteiger partial charge in [0.05, 0.1) is 24.0 Å². The Hall–Kier alpha value is -3.31. The van der Waals surface area contributed by atoms with Gasteiger partial charge in [-0.2, -0.15) is 0 Å². The second kappa shape index (κ2) is 15.6. The van der Waals surface area contributed by atoms with Crippen LogP contribution in [0.4, 0.5) is 4.79 Å². The first-order valence-corrected chi connectivity index (χ1v) is 15.3. The summed E-state index contributed by atoms with van der Waals surface area (Å²) in [6, 6.07) is 7.21. The van der Waals surface area contributed by atoms with Gasteiger partial charge in [0.15, 0.2) is 0 Å². The molecule has 0 saturated carbocycles. The Labute approximate surface area is 250 Å². The van der Waals surface area contributed by atoms with Crippen molar-refractivity contribution in [1.29, 1.82) is 0 Å². The summed E-state index contributed by atoms with van der Waals surface area (Å²) in [6.07, 6.45) is 3.64. The number of carbonyl (C=O) groups excluding carboxylic acids is 3. The number of rotatable bonds is 2. The van der Waals surface area contributed by atoms with Crippen LogP contribution in [-0.4, -0.2) is 68.9 Å². The molecule has 0 radical (unpaired) electrons. The molecule has 2 aliphatic heterocycles. The molecule has 41 heavy (non-hydrogen) atoms. The van der Waals surface area contributed by atoms with E-state index in [4.69, 9.17) is 4.74 Å². The molecule has 0 aliphatic carbocycles. The summed E-state index contributed by atoms with van der Waals surface area (Å²) in [5, 5.41) is 3.31. The Morgan fingerprint density at radius 3 is 1.71 bits per heavy atom. The number of hydrogen-bond acceptors (Lipinski definition) is 9. The number of methoxy groups -OCH3 is 2. The number of carbonyl (C=O) groups is 3. The Kier molecular flexibility index (Phi) is 12.3. The lowest BCUT2D eigenvalue weighted by Crippen LogP contribution is -2.41. The number of likely N-dealkylation sites (tertiary alicyclic amines) is 1. The highest BCUT2D eigenvalue weighted by Gasteiger charge is 2.26. The number of thiophene rings is 2. The molecule has 0 atom stereocenters. The lowest BCUT2D eigenvalue weighted by molar-refractivity contribution is 0.0199. The van der Waals surface area contributed by atoms with Crippen molar-refractivity contribution in [2.75, 3.05) is 40.4 Å². The predicted molar refractivity (Wildman–Crippen MR) is 161 cm³/mol. The highest BCUT2D eigenvalue weighted by atomic mass is 32.1. The molecule has 2 fully saturated rings. The molecule has 1 N–H and O–H groups in total. The van der Waals surface area contributed by atoms with Gasteiger partial charge in [-0.15, -0.1) is 22.7 Å². The number of nitrogens with zero attached hydrogens (tertiary/aromatic N) is 1. The van der Waals surface area contributed by atoms with Gasteiger partial charge in [0.1, 0.15) is 15.4 Å². The van der Waals surface area contributed by atoms with E-state index >= 15 is 0 Å². The quantitative estimate of drug-likeness (QED) is 0.280. The number of nitrogens with one attached hydrogen (secondary N) is 1. The summed E-state index contributed by atoms with van der Waals surface area (Å²) in [5.41, 5.74) is -0.468. The molecular weight excluding hydrogens is 560 g/mol. The van der Waals surface area contributed by atoms with Crippen LogP contribution in [0.3, 0.4) is 0 Å². The summed E-state index contributed by atoms with van der Waals surface area (Å²) in [7, 11) is 2.76. The Balaban J connectivity index is 0.000000239. The normalized spacial score (nSPS) is 15.7. The van der Waals surface area contributed by atoms with Crippen LogP contribution >= 0.6 is 22.7 Å². The molecule has 220 valence electrons. The molecule has 1 amide bonds. The summed E-state index contributed by atoms with van der Waals surface area (Å²) in [6.45, 7) is 9.03. The monoisotopic (exact) mass is 598 g/mol. The second-order valence-corrected chi connectivity index (χ2v) is 12.8. The van der Waals surface area contributed by atoms with Crippen LogP contribution in [0.5, 0.6) is 0 Å². The molecular formula is C31H38N2O6S2. The standard InChI is InChI=1S/C18H23NO4S.C13H15NO2S/c1-18(2,3)23-17(21)19-11-9-13(10-12-19)5-6-14-7-8-15(24-14)16(20)22-4;1-16-13(15)12-5-4-11(17-12)3-2-10-6-8-14-9-7-10/h7-8,13H,9-12H2,1-4H3;4-5,10,14H,6-9H2,1H3. The van der Waals surface area contributed by atoms with Gasteiger partial charge in [-0.3, -0.25) is 0 Å². The van der Waals surface area contributed by atoms with Gasteiger partial charge in [-0.1, -0.05) is 23.7 Å². The van der Waals surface area contributed by atoms with Gasteiger partial charge in [0, 0.05) is 24.9 Å². The highest BCUT2D eigenvalue weighted by molar-refractivity contribution is 7.14. The van der Waals surface area contributed by atoms with Crippen molar-refractivity contribution >= 4 is 40.7 Å². The van der Waals surface area contributed by atoms with E-state index in [0.29, 0.717) is 28.8 Å².